The first kappa shape index (κ1) is 48.7. The van der Waals surface area contributed by atoms with Crippen molar-refractivity contribution in [3.8, 4) is 0 Å². The number of aliphatic imine (C=N–C) groups is 1. The fourth-order valence-electron chi connectivity index (χ4n) is 8.05. The number of carboxylic acids is 1. The maximum Gasteiger partial charge on any atom is 0.303 e. The van der Waals surface area contributed by atoms with Crippen molar-refractivity contribution in [1.82, 2.24) is 31.6 Å². The van der Waals surface area contributed by atoms with Gasteiger partial charge < -0.3 is 59.6 Å². The third kappa shape index (κ3) is 14.1. The zero-order valence-electron chi connectivity index (χ0n) is 36.1. The average Bonchev–Trinajstić information content (AvgIpc) is 3.70. The van der Waals surface area contributed by atoms with Crippen molar-refractivity contribution in [2.75, 3.05) is 13.1 Å². The molecule has 15 N–H and O–H groups in total. The van der Waals surface area contributed by atoms with Gasteiger partial charge in [-0.25, -0.2) is 0 Å². The van der Waals surface area contributed by atoms with Crippen LogP contribution in [0.15, 0.2) is 96.1 Å². The van der Waals surface area contributed by atoms with Gasteiger partial charge in [0.05, 0.1) is 6.42 Å². The van der Waals surface area contributed by atoms with Crippen LogP contribution in [0.1, 0.15) is 74.0 Å². The number of nitrogens with one attached hydrogen (secondary N) is 6. The highest BCUT2D eigenvalue weighted by Gasteiger charge is 2.45. The fraction of sp³-hybridized carbons (Fsp3) is 0.391. The van der Waals surface area contributed by atoms with Gasteiger partial charge in [0.25, 0.3) is 0 Å². The first-order valence-electron chi connectivity index (χ1n) is 21.6. The van der Waals surface area contributed by atoms with Crippen LogP contribution in [0.3, 0.4) is 0 Å². The number of carbonyl (C=O) groups is 7. The molecule has 0 radical (unpaired) electrons. The van der Waals surface area contributed by atoms with Crippen molar-refractivity contribution in [3.05, 3.63) is 108 Å². The van der Waals surface area contributed by atoms with Crippen LogP contribution < -0.4 is 49.5 Å². The number of H-pyrrole nitrogens is 1. The van der Waals surface area contributed by atoms with E-state index < -0.39 is 77.5 Å². The number of hydrogen-bond donors (Lipinski definition) is 11. The number of guanidine groups is 1. The lowest BCUT2D eigenvalue weighted by molar-refractivity contribution is -0.140. The second kappa shape index (κ2) is 23.4. The predicted molar refractivity (Wildman–Crippen MR) is 243 cm³/mol. The number of nitrogens with two attached hydrogens (primary N) is 4. The summed E-state index contributed by atoms with van der Waals surface area (Å²) in [6, 6.07) is 20.9. The Labute approximate surface area is 376 Å². The Bertz CT molecular complexity index is 2310. The number of para-hydroxylation sites is 1. The van der Waals surface area contributed by atoms with Crippen molar-refractivity contribution in [1.29, 1.82) is 0 Å². The van der Waals surface area contributed by atoms with Gasteiger partial charge in [-0.2, -0.15) is 0 Å². The maximum atomic E-state index is 14.6. The van der Waals surface area contributed by atoms with Gasteiger partial charge >= 0.3 is 5.97 Å². The van der Waals surface area contributed by atoms with Crippen molar-refractivity contribution >= 4 is 58.3 Å². The third-order valence-electron chi connectivity index (χ3n) is 11.6. The second-order valence-corrected chi connectivity index (χ2v) is 16.3. The smallest absolute Gasteiger partial charge is 0.303 e. The molecule has 1 fully saturated rings. The molecule has 1 aliphatic carbocycles. The van der Waals surface area contributed by atoms with Crippen molar-refractivity contribution in [2.24, 2.45) is 27.9 Å². The van der Waals surface area contributed by atoms with Gasteiger partial charge in [0, 0.05) is 49.5 Å². The maximum absolute atomic E-state index is 14.6. The summed E-state index contributed by atoms with van der Waals surface area (Å²) < 4.78 is 0. The van der Waals surface area contributed by atoms with Gasteiger partial charge in [-0.05, 0) is 67.2 Å². The van der Waals surface area contributed by atoms with E-state index >= 15 is 0 Å². The minimum absolute atomic E-state index is 0.0149. The number of rotatable bonds is 23. The van der Waals surface area contributed by atoms with Gasteiger partial charge in [-0.1, -0.05) is 78.9 Å². The van der Waals surface area contributed by atoms with Gasteiger partial charge in [0.2, 0.25) is 35.4 Å². The Kier molecular flexibility index (Phi) is 17.6. The number of hydrogen-bond acceptors (Lipinski definition) is 9. The molecule has 1 aromatic heterocycles. The van der Waals surface area contributed by atoms with Crippen LogP contribution in [0.25, 0.3) is 10.9 Å². The van der Waals surface area contributed by atoms with E-state index in [4.69, 9.17) is 22.9 Å². The van der Waals surface area contributed by atoms with Crippen molar-refractivity contribution in [2.45, 2.75) is 99.8 Å². The highest BCUT2D eigenvalue weighted by atomic mass is 16.4. The Morgan fingerprint density at radius 2 is 1.31 bits per heavy atom. The average molecular weight is 894 g/mol. The lowest BCUT2D eigenvalue weighted by Gasteiger charge is -2.40. The Morgan fingerprint density at radius 3 is 1.94 bits per heavy atom. The molecule has 346 valence electrons. The predicted octanol–water partition coefficient (Wildman–Crippen LogP) is 0.468. The first-order chi connectivity index (χ1) is 31.2. The summed E-state index contributed by atoms with van der Waals surface area (Å²) in [5.41, 5.74) is 24.0. The van der Waals surface area contributed by atoms with Gasteiger partial charge in [0.1, 0.15) is 29.7 Å². The summed E-state index contributed by atoms with van der Waals surface area (Å²) >= 11 is 0. The molecule has 4 aromatic rings. The molecule has 5 rings (SSSR count). The number of nitrogens with zero attached hydrogens (tertiary/aromatic N) is 1. The van der Waals surface area contributed by atoms with Crippen LogP contribution in [0.2, 0.25) is 0 Å². The third-order valence-corrected chi connectivity index (χ3v) is 11.6. The molecule has 0 bridgehead atoms. The molecule has 1 aliphatic rings. The van der Waals surface area contributed by atoms with Crippen LogP contribution in [-0.4, -0.2) is 100 Å². The van der Waals surface area contributed by atoms with E-state index in [1.54, 1.807) is 36.5 Å². The van der Waals surface area contributed by atoms with E-state index in [9.17, 15) is 38.7 Å². The molecule has 0 unspecified atom stereocenters. The summed E-state index contributed by atoms with van der Waals surface area (Å²) in [5, 5.41) is 23.8. The summed E-state index contributed by atoms with van der Waals surface area (Å²) in [6.45, 7) is -0.204. The van der Waals surface area contributed by atoms with E-state index in [1.807, 2.05) is 54.6 Å². The van der Waals surface area contributed by atoms with Crippen LogP contribution in [0.4, 0.5) is 0 Å². The summed E-state index contributed by atoms with van der Waals surface area (Å²) in [6.07, 6.45) is 2.48. The Morgan fingerprint density at radius 1 is 0.723 bits per heavy atom. The molecule has 4 atom stereocenters. The number of primary amides is 1. The number of amides is 6. The summed E-state index contributed by atoms with van der Waals surface area (Å²) in [5.74, 6) is -5.66. The largest absolute Gasteiger partial charge is 0.481 e. The number of carboxylic acid groups (broad SMARTS) is 1. The standard InChI is InChI=1S/C46H59N11O8/c47-26-37(40(48)61)55-43(64)36(25-31-27-52-33-15-8-7-14-32(31)33)54-41(62)34(16-9-23-51-45(49)50)53-42(63)35(24-28-10-3-1-4-11-28)56-44(65)46(57-38(58)17-18-39(59)60)21-19-30(20-22-46)29-12-5-2-6-13-29/h1-8,10-15,27,30,34-37,52H,9,16-26,47H2,(H2,48,61)(H,53,63)(H,54,62)(H,55,64)(H,56,65)(H,57,58)(H,59,60)(H4,49,50,51)/t30?,34-,35+,36-,37-,46?/m0/s1. The minimum atomic E-state index is -1.48. The summed E-state index contributed by atoms with van der Waals surface area (Å²) in [7, 11) is 0. The molecule has 1 heterocycles. The highest BCUT2D eigenvalue weighted by Crippen LogP contribution is 2.38. The molecule has 3 aromatic carbocycles. The van der Waals surface area contributed by atoms with Crippen molar-refractivity contribution in [3.63, 3.8) is 0 Å². The van der Waals surface area contributed by atoms with Crippen molar-refractivity contribution < 1.29 is 38.7 Å². The number of aromatic amines is 1. The second-order valence-electron chi connectivity index (χ2n) is 16.3. The zero-order chi connectivity index (χ0) is 46.9. The van der Waals surface area contributed by atoms with Gasteiger partial charge in [-0.15, -0.1) is 0 Å². The number of aromatic nitrogens is 1. The fourth-order valence-corrected chi connectivity index (χ4v) is 8.05. The Balaban J connectivity index is 1.43. The number of fused-ring (bicyclic) bond motifs is 1. The van der Waals surface area contributed by atoms with E-state index in [-0.39, 0.29) is 69.9 Å². The quantitative estimate of drug-likeness (QED) is 0.0276. The van der Waals surface area contributed by atoms with Gasteiger partial charge in [-0.3, -0.25) is 38.6 Å². The molecule has 19 nitrogen and oxygen atoms in total. The molecule has 1 saturated carbocycles. The van der Waals surface area contributed by atoms with Crippen LogP contribution in [-0.2, 0) is 46.4 Å². The molecule has 65 heavy (non-hydrogen) atoms. The lowest BCUT2D eigenvalue weighted by Crippen LogP contribution is -2.64. The molecule has 0 spiro atoms. The van der Waals surface area contributed by atoms with Gasteiger partial charge in [0.15, 0.2) is 5.96 Å². The molecular weight excluding hydrogens is 835 g/mol. The topological polar surface area (TPSA) is 332 Å². The van der Waals surface area contributed by atoms with Crippen LogP contribution >= 0.6 is 0 Å². The van der Waals surface area contributed by atoms with Crippen LogP contribution in [0, 0.1) is 0 Å². The molecule has 0 aliphatic heterocycles. The molecule has 6 amide bonds. The van der Waals surface area contributed by atoms with E-state index in [1.165, 1.54) is 0 Å². The first-order valence-corrected chi connectivity index (χ1v) is 21.6. The highest BCUT2D eigenvalue weighted by molar-refractivity contribution is 5.98. The molecular formula is C46H59N11O8. The lowest BCUT2D eigenvalue weighted by atomic mass is 9.73. The number of benzene rings is 3. The normalized spacial score (nSPS) is 17.6. The molecule has 19 heteroatoms. The monoisotopic (exact) mass is 893 g/mol. The van der Waals surface area contributed by atoms with E-state index in [2.05, 4.69) is 36.6 Å². The molecule has 0 saturated heterocycles. The SMILES string of the molecule is NC[C@H](NC(=O)[C@H](Cc1c[nH]c2ccccc12)NC(=O)[C@H](CCCN=C(N)N)NC(=O)[C@@H](Cc1ccccc1)NC(=O)C1(NC(=O)CCC(=O)O)CCC(c2ccccc2)CC1)C(N)=O. The number of carbonyl (C=O) groups excluding carboxylic acids is 6. The minimum Gasteiger partial charge on any atom is -0.481 e. The zero-order valence-corrected chi connectivity index (χ0v) is 36.1. The number of aliphatic carboxylic acids is 1. The van der Waals surface area contributed by atoms with Crippen LogP contribution in [0.5, 0.6) is 0 Å². The van der Waals surface area contributed by atoms with E-state index in [0.29, 0.717) is 24.0 Å². The van der Waals surface area contributed by atoms with E-state index in [0.717, 1.165) is 16.5 Å². The summed E-state index contributed by atoms with van der Waals surface area (Å²) in [4.78, 5) is 101. The Hall–Kier alpha value is -7.28.